The van der Waals surface area contributed by atoms with Gasteiger partial charge in [-0.3, -0.25) is 0 Å². The number of aliphatic carboxylic acids is 1. The van der Waals surface area contributed by atoms with E-state index in [4.69, 9.17) is 23.7 Å². The van der Waals surface area contributed by atoms with E-state index in [1.54, 1.807) is 0 Å². The third kappa shape index (κ3) is 5.59. The molecule has 0 amide bonds. The Hall–Kier alpha value is -1.13. The standard InChI is InChI=1S/C18H30O17/c19-1-3-5(21)7(23)10(26)17(32-3)35-14-9(25)8(24)13(15(28)29)34-18(14)33-12-6(22)4(2-20)31-16(30)11(12)27/h3-14,16-27,30H,1-2H2,(H,28,29)/t3-,4-,5-,6-,7+,8+,9+,10-,11-,12+,13+,14-,16-,17+,18-/m0/s1. The number of hydrogen-bond acceptors (Lipinski definition) is 16. The summed E-state index contributed by atoms with van der Waals surface area (Å²) in [6.07, 6.45) is -28.2. The van der Waals surface area contributed by atoms with Crippen LogP contribution < -0.4 is 0 Å². The molecule has 15 atom stereocenters. The van der Waals surface area contributed by atoms with Crippen molar-refractivity contribution in [3.8, 4) is 0 Å². The van der Waals surface area contributed by atoms with Crippen molar-refractivity contribution >= 4 is 5.97 Å². The number of carboxylic acid groups (broad SMARTS) is 1. The van der Waals surface area contributed by atoms with Crippen LogP contribution in [0.4, 0.5) is 0 Å². The molecular formula is C18H30O17. The second-order valence-corrected chi connectivity index (χ2v) is 8.37. The highest BCUT2D eigenvalue weighted by Crippen LogP contribution is 2.32. The van der Waals surface area contributed by atoms with Crippen molar-refractivity contribution in [1.82, 2.24) is 0 Å². The van der Waals surface area contributed by atoms with Crippen molar-refractivity contribution in [3.05, 3.63) is 0 Å². The summed E-state index contributed by atoms with van der Waals surface area (Å²) in [5.74, 6) is -1.74. The van der Waals surface area contributed by atoms with E-state index < -0.39 is 111 Å². The molecule has 0 spiro atoms. The predicted octanol–water partition coefficient (Wildman–Crippen LogP) is -7.48. The second kappa shape index (κ2) is 11.5. The highest BCUT2D eigenvalue weighted by Gasteiger charge is 2.55. The zero-order valence-electron chi connectivity index (χ0n) is 17.9. The van der Waals surface area contributed by atoms with Crippen molar-refractivity contribution in [2.45, 2.75) is 92.1 Å². The highest BCUT2D eigenvalue weighted by molar-refractivity contribution is 5.73. The fraction of sp³-hybridized carbons (Fsp3) is 0.944. The lowest BCUT2D eigenvalue weighted by molar-refractivity contribution is -0.384. The number of hydrogen-bond donors (Lipinski definition) is 11. The smallest absolute Gasteiger partial charge is 0.335 e. The summed E-state index contributed by atoms with van der Waals surface area (Å²) in [6.45, 7) is -1.64. The lowest BCUT2D eigenvalue weighted by Gasteiger charge is -2.47. The lowest BCUT2D eigenvalue weighted by atomic mass is 9.96. The molecule has 204 valence electrons. The molecule has 0 bridgehead atoms. The van der Waals surface area contributed by atoms with E-state index in [1.807, 2.05) is 0 Å². The fourth-order valence-electron chi connectivity index (χ4n) is 4.01. The molecule has 0 radical (unpaired) electrons. The number of aliphatic hydroxyl groups is 10. The van der Waals surface area contributed by atoms with Gasteiger partial charge in [-0.15, -0.1) is 0 Å². The first kappa shape index (κ1) is 28.4. The minimum Gasteiger partial charge on any atom is -0.479 e. The van der Waals surface area contributed by atoms with Crippen molar-refractivity contribution in [3.63, 3.8) is 0 Å². The van der Waals surface area contributed by atoms with Crippen LogP contribution in [0, 0.1) is 0 Å². The zero-order chi connectivity index (χ0) is 26.2. The van der Waals surface area contributed by atoms with Crippen molar-refractivity contribution < 1.29 is 84.7 Å². The van der Waals surface area contributed by atoms with Gasteiger partial charge in [0.1, 0.15) is 67.1 Å². The van der Waals surface area contributed by atoms with E-state index >= 15 is 0 Å². The highest BCUT2D eigenvalue weighted by atomic mass is 16.8. The van der Waals surface area contributed by atoms with Gasteiger partial charge in [0.05, 0.1) is 13.2 Å². The third-order valence-corrected chi connectivity index (χ3v) is 6.06. The van der Waals surface area contributed by atoms with Gasteiger partial charge >= 0.3 is 5.97 Å². The van der Waals surface area contributed by atoms with Crippen LogP contribution in [-0.4, -0.2) is 167 Å². The summed E-state index contributed by atoms with van der Waals surface area (Å²) in [7, 11) is 0. The largest absolute Gasteiger partial charge is 0.479 e. The molecule has 0 aromatic heterocycles. The molecular weight excluding hydrogens is 488 g/mol. The summed E-state index contributed by atoms with van der Waals surface area (Å²) < 4.78 is 26.0. The summed E-state index contributed by atoms with van der Waals surface area (Å²) >= 11 is 0. The fourth-order valence-corrected chi connectivity index (χ4v) is 4.01. The third-order valence-electron chi connectivity index (χ3n) is 6.06. The molecule has 17 heteroatoms. The summed E-state index contributed by atoms with van der Waals surface area (Å²) in [5.41, 5.74) is 0. The topological polar surface area (TPSA) is 286 Å². The molecule has 3 aliphatic rings. The molecule has 3 fully saturated rings. The number of carbonyl (C=O) groups is 1. The zero-order valence-corrected chi connectivity index (χ0v) is 17.9. The van der Waals surface area contributed by atoms with Crippen molar-refractivity contribution in [1.29, 1.82) is 0 Å². The maximum absolute atomic E-state index is 11.5. The van der Waals surface area contributed by atoms with Crippen molar-refractivity contribution in [2.24, 2.45) is 0 Å². The molecule has 3 aliphatic heterocycles. The van der Waals surface area contributed by atoms with Gasteiger partial charge in [-0.25, -0.2) is 4.79 Å². The first-order valence-electron chi connectivity index (χ1n) is 10.6. The molecule has 0 aromatic rings. The van der Waals surface area contributed by atoms with Crippen LogP contribution in [0.2, 0.25) is 0 Å². The second-order valence-electron chi connectivity index (χ2n) is 8.37. The minimum absolute atomic E-state index is 0.819. The molecule has 0 saturated carbocycles. The monoisotopic (exact) mass is 518 g/mol. The Balaban J connectivity index is 1.87. The molecule has 11 N–H and O–H groups in total. The van der Waals surface area contributed by atoms with Gasteiger partial charge in [0.2, 0.25) is 0 Å². The van der Waals surface area contributed by atoms with Gasteiger partial charge in [0.25, 0.3) is 0 Å². The van der Waals surface area contributed by atoms with Gasteiger partial charge in [0, 0.05) is 0 Å². The Morgan fingerprint density at radius 3 is 1.74 bits per heavy atom. The summed E-state index contributed by atoms with van der Waals surface area (Å²) in [6, 6.07) is 0. The molecule has 0 aliphatic carbocycles. The molecule has 3 heterocycles. The van der Waals surface area contributed by atoms with E-state index in [0.717, 1.165) is 0 Å². The van der Waals surface area contributed by atoms with Gasteiger partial charge in [-0.2, -0.15) is 0 Å². The van der Waals surface area contributed by atoms with Crippen LogP contribution in [0.1, 0.15) is 0 Å². The average molecular weight is 518 g/mol. The number of carboxylic acids is 1. The van der Waals surface area contributed by atoms with Crippen LogP contribution in [0.15, 0.2) is 0 Å². The summed E-state index contributed by atoms with van der Waals surface area (Å²) in [4.78, 5) is 11.5. The number of rotatable bonds is 7. The van der Waals surface area contributed by atoms with Crippen LogP contribution in [0.25, 0.3) is 0 Å². The van der Waals surface area contributed by atoms with Crippen LogP contribution in [-0.2, 0) is 28.5 Å². The van der Waals surface area contributed by atoms with E-state index in [0.29, 0.717) is 0 Å². The van der Waals surface area contributed by atoms with Crippen molar-refractivity contribution in [2.75, 3.05) is 13.2 Å². The van der Waals surface area contributed by atoms with Crippen LogP contribution in [0.5, 0.6) is 0 Å². The average Bonchev–Trinajstić information content (AvgIpc) is 2.82. The molecule has 3 rings (SSSR count). The maximum atomic E-state index is 11.5. The molecule has 35 heavy (non-hydrogen) atoms. The van der Waals surface area contributed by atoms with Crippen LogP contribution >= 0.6 is 0 Å². The van der Waals surface area contributed by atoms with E-state index in [1.165, 1.54) is 0 Å². The Morgan fingerprint density at radius 1 is 0.600 bits per heavy atom. The normalized spacial score (nSPS) is 51.2. The van der Waals surface area contributed by atoms with E-state index in [-0.39, 0.29) is 0 Å². The Bertz CT molecular complexity index is 709. The first-order chi connectivity index (χ1) is 16.4. The Kier molecular flexibility index (Phi) is 9.35. The minimum atomic E-state index is -2.12. The molecule has 0 aromatic carbocycles. The number of aliphatic hydroxyl groups excluding tert-OH is 10. The summed E-state index contributed by atoms with van der Waals surface area (Å²) in [5, 5.41) is 109. The van der Waals surface area contributed by atoms with Gasteiger partial charge in [0.15, 0.2) is 25.0 Å². The van der Waals surface area contributed by atoms with E-state index in [2.05, 4.69) is 0 Å². The van der Waals surface area contributed by atoms with Gasteiger partial charge < -0.3 is 79.9 Å². The van der Waals surface area contributed by atoms with Crippen LogP contribution in [0.3, 0.4) is 0 Å². The maximum Gasteiger partial charge on any atom is 0.335 e. The molecule has 3 saturated heterocycles. The lowest BCUT2D eigenvalue weighted by Crippen LogP contribution is -2.67. The van der Waals surface area contributed by atoms with Gasteiger partial charge in [-0.05, 0) is 0 Å². The molecule has 0 unspecified atom stereocenters. The number of ether oxygens (including phenoxy) is 5. The van der Waals surface area contributed by atoms with E-state index in [9.17, 15) is 61.0 Å². The Morgan fingerprint density at radius 2 is 1.17 bits per heavy atom. The predicted molar refractivity (Wildman–Crippen MR) is 102 cm³/mol. The van der Waals surface area contributed by atoms with Gasteiger partial charge in [-0.1, -0.05) is 0 Å². The first-order valence-corrected chi connectivity index (χ1v) is 10.6. The quantitative estimate of drug-likeness (QED) is 0.149. The Labute approximate surface area is 196 Å². The molecule has 17 nitrogen and oxygen atoms in total. The SMILES string of the molecule is O=C(O)[C@@H]1O[C@H](O[C@@H]2[C@@H](O)[C@H](CO)O[C@H](O)[C@H]2O)[C@@H](O[C@H]2O[C@@H](CO)[C@H](O)[C@@H](O)[C@@H]2O)[C@H](O)[C@H]1O.